The van der Waals surface area contributed by atoms with E-state index in [4.69, 9.17) is 4.74 Å². The van der Waals surface area contributed by atoms with Gasteiger partial charge in [0.05, 0.1) is 18.8 Å². The Balaban J connectivity index is 1.69. The highest BCUT2D eigenvalue weighted by molar-refractivity contribution is 5.41. The van der Waals surface area contributed by atoms with Crippen LogP contribution in [0.3, 0.4) is 0 Å². The predicted molar refractivity (Wildman–Crippen MR) is 94.2 cm³/mol. The number of hydrogen-bond acceptors (Lipinski definition) is 3. The molecule has 1 aromatic rings. The molecule has 2 saturated carbocycles. The second-order valence-corrected chi connectivity index (χ2v) is 8.59. The van der Waals surface area contributed by atoms with Crippen LogP contribution in [0.4, 0.5) is 0 Å². The number of benzene rings is 1. The van der Waals surface area contributed by atoms with Gasteiger partial charge in [-0.05, 0) is 85.0 Å². The van der Waals surface area contributed by atoms with Gasteiger partial charge in [0.15, 0.2) is 0 Å². The monoisotopic (exact) mass is 330 g/mol. The van der Waals surface area contributed by atoms with Gasteiger partial charge >= 0.3 is 0 Å². The van der Waals surface area contributed by atoms with Crippen LogP contribution in [0.25, 0.3) is 0 Å². The quantitative estimate of drug-likeness (QED) is 0.870. The number of rotatable bonds is 2. The molecule has 2 N–H and O–H groups in total. The summed E-state index contributed by atoms with van der Waals surface area (Å²) in [5, 5.41) is 21.8. The fraction of sp³-hybridized carbons (Fsp3) is 0.714. The molecule has 0 amide bonds. The zero-order valence-electron chi connectivity index (χ0n) is 15.1. The summed E-state index contributed by atoms with van der Waals surface area (Å²) < 4.78 is 5.39. The van der Waals surface area contributed by atoms with E-state index < -0.39 is 11.7 Å². The van der Waals surface area contributed by atoms with Crippen molar-refractivity contribution in [2.45, 2.75) is 70.0 Å². The van der Waals surface area contributed by atoms with Crippen molar-refractivity contribution in [3.05, 3.63) is 29.3 Å². The van der Waals surface area contributed by atoms with Crippen LogP contribution in [0, 0.1) is 17.3 Å². The lowest BCUT2D eigenvalue weighted by molar-refractivity contribution is -0.101. The summed E-state index contributed by atoms with van der Waals surface area (Å²) in [7, 11) is 1.73. The lowest BCUT2D eigenvalue weighted by Crippen LogP contribution is -2.47. The van der Waals surface area contributed by atoms with Gasteiger partial charge in [0.25, 0.3) is 0 Å². The molecule has 4 rings (SSSR count). The summed E-state index contributed by atoms with van der Waals surface area (Å²) >= 11 is 0. The number of hydrogen-bond donors (Lipinski definition) is 2. The van der Waals surface area contributed by atoms with Crippen molar-refractivity contribution in [3.63, 3.8) is 0 Å². The van der Waals surface area contributed by atoms with Crippen molar-refractivity contribution in [2.75, 3.05) is 7.11 Å². The molecule has 2 fully saturated rings. The summed E-state index contributed by atoms with van der Waals surface area (Å²) in [5.41, 5.74) is 1.89. The molecule has 0 aliphatic heterocycles. The second-order valence-electron chi connectivity index (χ2n) is 8.59. The van der Waals surface area contributed by atoms with Crippen molar-refractivity contribution in [3.8, 4) is 5.75 Å². The van der Waals surface area contributed by atoms with E-state index in [1.165, 1.54) is 11.1 Å². The highest BCUT2D eigenvalue weighted by atomic mass is 16.5. The normalized spacial score (nSPS) is 43.7. The van der Waals surface area contributed by atoms with E-state index in [0.717, 1.165) is 37.9 Å². The van der Waals surface area contributed by atoms with Crippen LogP contribution in [0.5, 0.6) is 5.75 Å². The van der Waals surface area contributed by atoms with Crippen molar-refractivity contribution in [1.29, 1.82) is 0 Å². The number of ether oxygens (including phenoxy) is 1. The topological polar surface area (TPSA) is 49.7 Å². The van der Waals surface area contributed by atoms with E-state index in [0.29, 0.717) is 24.2 Å². The molecule has 3 aliphatic rings. The van der Waals surface area contributed by atoms with Crippen molar-refractivity contribution >= 4 is 0 Å². The Morgan fingerprint density at radius 2 is 2.08 bits per heavy atom. The summed E-state index contributed by atoms with van der Waals surface area (Å²) in [5.74, 6) is 2.53. The second kappa shape index (κ2) is 5.47. The SMILES string of the molecule is CC[C@]1(O)C[C@H]2[C@@H]3CCc4cc(OC)ccc4[C@@H]3CC[C@]2(C)[C@@H]1O. The summed E-state index contributed by atoms with van der Waals surface area (Å²) in [6.07, 6.45) is 5.19. The molecular weight excluding hydrogens is 300 g/mol. The predicted octanol–water partition coefficient (Wildman–Crippen LogP) is 3.66. The number of aliphatic hydroxyl groups excluding tert-OH is 1. The highest BCUT2D eigenvalue weighted by Gasteiger charge is 2.62. The first-order chi connectivity index (χ1) is 11.4. The third-order valence-electron chi connectivity index (χ3n) is 7.69. The van der Waals surface area contributed by atoms with Gasteiger partial charge in [0, 0.05) is 0 Å². The Kier molecular flexibility index (Phi) is 3.74. The Morgan fingerprint density at radius 1 is 1.29 bits per heavy atom. The first-order valence-corrected chi connectivity index (χ1v) is 9.50. The lowest BCUT2D eigenvalue weighted by atomic mass is 9.55. The highest BCUT2D eigenvalue weighted by Crippen LogP contribution is 2.63. The zero-order chi connectivity index (χ0) is 17.1. The van der Waals surface area contributed by atoms with E-state index in [1.54, 1.807) is 7.11 Å². The van der Waals surface area contributed by atoms with Crippen LogP contribution in [-0.4, -0.2) is 29.0 Å². The first-order valence-electron chi connectivity index (χ1n) is 9.50. The van der Waals surface area contributed by atoms with Crippen molar-refractivity contribution in [1.82, 2.24) is 0 Å². The molecule has 3 heteroatoms. The van der Waals surface area contributed by atoms with E-state index in [-0.39, 0.29) is 5.41 Å². The molecule has 24 heavy (non-hydrogen) atoms. The van der Waals surface area contributed by atoms with Crippen molar-refractivity contribution < 1.29 is 14.9 Å². The largest absolute Gasteiger partial charge is 0.497 e. The summed E-state index contributed by atoms with van der Waals surface area (Å²) in [4.78, 5) is 0. The first kappa shape index (κ1) is 16.4. The number of aliphatic hydroxyl groups is 2. The minimum atomic E-state index is -0.894. The molecule has 0 aromatic heterocycles. The molecule has 6 atom stereocenters. The number of methoxy groups -OCH3 is 1. The fourth-order valence-corrected chi connectivity index (χ4v) is 6.20. The van der Waals surface area contributed by atoms with E-state index in [1.807, 2.05) is 6.92 Å². The third kappa shape index (κ3) is 2.10. The lowest BCUT2D eigenvalue weighted by Gasteiger charge is -2.50. The summed E-state index contributed by atoms with van der Waals surface area (Å²) in [6.45, 7) is 4.22. The molecule has 0 heterocycles. The molecule has 3 nitrogen and oxygen atoms in total. The average Bonchev–Trinajstić information content (AvgIpc) is 2.82. The maximum absolute atomic E-state index is 11.0. The number of fused-ring (bicyclic) bond motifs is 5. The van der Waals surface area contributed by atoms with Gasteiger partial charge in [-0.2, -0.15) is 0 Å². The molecule has 0 spiro atoms. The Hall–Kier alpha value is -1.06. The van der Waals surface area contributed by atoms with Gasteiger partial charge < -0.3 is 14.9 Å². The third-order valence-corrected chi connectivity index (χ3v) is 7.69. The molecule has 1 aromatic carbocycles. The summed E-state index contributed by atoms with van der Waals surface area (Å²) in [6, 6.07) is 6.54. The zero-order valence-corrected chi connectivity index (χ0v) is 15.1. The van der Waals surface area contributed by atoms with Crippen LogP contribution >= 0.6 is 0 Å². The average molecular weight is 330 g/mol. The van der Waals surface area contributed by atoms with E-state index in [9.17, 15) is 10.2 Å². The van der Waals surface area contributed by atoms with Gasteiger partial charge in [-0.25, -0.2) is 0 Å². The molecular formula is C21H30O3. The van der Waals surface area contributed by atoms with Crippen LogP contribution in [-0.2, 0) is 6.42 Å². The van der Waals surface area contributed by atoms with E-state index >= 15 is 0 Å². The molecule has 0 saturated heterocycles. The Labute approximate surface area is 145 Å². The van der Waals surface area contributed by atoms with Crippen LogP contribution in [0.15, 0.2) is 18.2 Å². The minimum absolute atomic E-state index is 0.129. The van der Waals surface area contributed by atoms with Gasteiger partial charge in [0.2, 0.25) is 0 Å². The van der Waals surface area contributed by atoms with Gasteiger partial charge in [-0.1, -0.05) is 19.9 Å². The van der Waals surface area contributed by atoms with Crippen molar-refractivity contribution in [2.24, 2.45) is 17.3 Å². The minimum Gasteiger partial charge on any atom is -0.497 e. The maximum atomic E-state index is 11.0. The Morgan fingerprint density at radius 3 is 2.79 bits per heavy atom. The van der Waals surface area contributed by atoms with Crippen LogP contribution in [0.2, 0.25) is 0 Å². The van der Waals surface area contributed by atoms with Gasteiger partial charge in [-0.3, -0.25) is 0 Å². The molecule has 0 bridgehead atoms. The maximum Gasteiger partial charge on any atom is 0.119 e. The molecule has 0 unspecified atom stereocenters. The smallest absolute Gasteiger partial charge is 0.119 e. The standard InChI is InChI=1S/C21H30O3/c1-4-21(23)12-18-17-7-5-13-11-14(24-3)6-8-15(13)16(17)9-10-20(18,2)19(21)22/h6,8,11,16-19,22-23H,4-5,7,9-10,12H2,1-3H3/t16-,17+,18-,19-,20-,21-/m0/s1. The number of aryl methyl sites for hydroxylation is 1. The molecule has 132 valence electrons. The van der Waals surface area contributed by atoms with Gasteiger partial charge in [0.1, 0.15) is 5.75 Å². The van der Waals surface area contributed by atoms with Crippen LogP contribution in [0.1, 0.15) is 63.0 Å². The Bertz CT molecular complexity index is 642. The van der Waals surface area contributed by atoms with Crippen LogP contribution < -0.4 is 4.74 Å². The molecule has 0 radical (unpaired) electrons. The van der Waals surface area contributed by atoms with E-state index in [2.05, 4.69) is 25.1 Å². The fourth-order valence-electron chi connectivity index (χ4n) is 6.20. The molecule has 3 aliphatic carbocycles. The van der Waals surface area contributed by atoms with Gasteiger partial charge in [-0.15, -0.1) is 0 Å².